The van der Waals surface area contributed by atoms with Crippen molar-refractivity contribution in [2.24, 2.45) is 0 Å². The zero-order valence-electron chi connectivity index (χ0n) is 12.5. The van der Waals surface area contributed by atoms with E-state index in [1.165, 1.54) is 0 Å². The molecule has 0 radical (unpaired) electrons. The average molecular weight is 328 g/mol. The molecule has 0 aromatic carbocycles. The highest BCUT2D eigenvalue weighted by Gasteiger charge is 1.94. The number of hydrogen-bond donors (Lipinski definition) is 0. The van der Waals surface area contributed by atoms with Gasteiger partial charge in [0.15, 0.2) is 0 Å². The zero-order valence-corrected chi connectivity index (χ0v) is 13.4. The van der Waals surface area contributed by atoms with Crippen LogP contribution in [0.2, 0.25) is 0 Å². The normalized spacial score (nSPS) is 12.0. The van der Waals surface area contributed by atoms with Crippen molar-refractivity contribution in [1.82, 2.24) is 0 Å². The van der Waals surface area contributed by atoms with Gasteiger partial charge < -0.3 is 37.8 Å². The molecule has 9 heteroatoms. The van der Waals surface area contributed by atoms with E-state index in [9.17, 15) is 14.4 Å². The Kier molecular flexibility index (Phi) is 14.8. The Morgan fingerprint density at radius 1 is 0.714 bits per heavy atom. The molecule has 8 nitrogen and oxygen atoms in total. The van der Waals surface area contributed by atoms with Gasteiger partial charge in [-0.3, -0.25) is 0 Å². The zero-order chi connectivity index (χ0) is 15.8. The second-order valence-corrected chi connectivity index (χ2v) is 5.24. The fourth-order valence-electron chi connectivity index (χ4n) is 1.22. The Labute approximate surface area is 125 Å². The number of hydrogen-bond acceptors (Lipinski definition) is 8. The molecular formula is C12H25O8P-2. The third kappa shape index (κ3) is 19.9. The second kappa shape index (κ2) is 14.9. The molecule has 0 aromatic rings. The minimum absolute atomic E-state index is 0.0312. The van der Waals surface area contributed by atoms with Crippen LogP contribution in [-0.4, -0.2) is 59.5 Å². The summed E-state index contributed by atoms with van der Waals surface area (Å²) in [5.74, 6) is 0. The van der Waals surface area contributed by atoms with Crippen LogP contribution < -0.4 is 9.79 Å². The lowest BCUT2D eigenvalue weighted by Crippen LogP contribution is -2.19. The van der Waals surface area contributed by atoms with E-state index in [-0.39, 0.29) is 13.2 Å². The van der Waals surface area contributed by atoms with Crippen LogP contribution in [-0.2, 0) is 28.0 Å². The van der Waals surface area contributed by atoms with Crippen LogP contribution in [0.3, 0.4) is 0 Å². The lowest BCUT2D eigenvalue weighted by molar-refractivity contribution is -0.342. The van der Waals surface area contributed by atoms with E-state index < -0.39 is 7.82 Å². The van der Waals surface area contributed by atoms with Crippen molar-refractivity contribution < 1.29 is 37.8 Å². The minimum atomic E-state index is -4.89. The van der Waals surface area contributed by atoms with Crippen molar-refractivity contribution in [1.29, 1.82) is 0 Å². The summed E-state index contributed by atoms with van der Waals surface area (Å²) < 4.78 is 34.9. The van der Waals surface area contributed by atoms with Crippen LogP contribution in [0.15, 0.2) is 0 Å². The monoisotopic (exact) mass is 328 g/mol. The lowest BCUT2D eigenvalue weighted by atomic mass is 10.4. The van der Waals surface area contributed by atoms with Crippen LogP contribution in [0.1, 0.15) is 19.8 Å². The quantitative estimate of drug-likeness (QED) is 0.280. The fourth-order valence-corrected chi connectivity index (χ4v) is 1.51. The highest BCUT2D eigenvalue weighted by molar-refractivity contribution is 7.43. The largest absolute Gasteiger partial charge is 0.790 e. The molecule has 0 N–H and O–H groups in total. The third-order valence-electron chi connectivity index (χ3n) is 2.24. The molecule has 128 valence electrons. The van der Waals surface area contributed by atoms with E-state index in [1.54, 1.807) is 0 Å². The molecule has 0 unspecified atom stereocenters. The standard InChI is InChI=1S/C12H27O8P/c1-2-3-4-16-5-6-17-7-8-18-9-10-19-11-12-20-21(13,14)15/h2-12H2,1H3,(H2,13,14,15)/p-2. The molecule has 0 amide bonds. The van der Waals surface area contributed by atoms with Crippen LogP contribution >= 0.6 is 7.82 Å². The topological polar surface area (TPSA) is 109 Å². The Morgan fingerprint density at radius 3 is 1.48 bits per heavy atom. The molecule has 0 saturated heterocycles. The van der Waals surface area contributed by atoms with Crippen LogP contribution in [0.25, 0.3) is 0 Å². The summed E-state index contributed by atoms with van der Waals surface area (Å²) in [5, 5.41) is 0. The van der Waals surface area contributed by atoms with E-state index in [2.05, 4.69) is 11.4 Å². The van der Waals surface area contributed by atoms with Gasteiger partial charge in [0, 0.05) is 6.61 Å². The maximum Gasteiger partial charge on any atom is 0.0752 e. The summed E-state index contributed by atoms with van der Waals surface area (Å²) in [6.45, 7) is 5.37. The van der Waals surface area contributed by atoms with Gasteiger partial charge in [-0.25, -0.2) is 0 Å². The Hall–Kier alpha value is -0.0500. The molecule has 0 fully saturated rings. The smallest absolute Gasteiger partial charge is 0.0752 e. The van der Waals surface area contributed by atoms with Crippen LogP contribution in [0.4, 0.5) is 0 Å². The van der Waals surface area contributed by atoms with Crippen molar-refractivity contribution >= 4 is 7.82 Å². The van der Waals surface area contributed by atoms with Gasteiger partial charge in [0.05, 0.1) is 60.7 Å². The SMILES string of the molecule is CCCCOCCOCCOCCOCCOP(=O)([O-])[O-]. The Bertz CT molecular complexity index is 258. The molecule has 0 heterocycles. The van der Waals surface area contributed by atoms with E-state index in [0.29, 0.717) is 39.6 Å². The first kappa shape index (κ1) is 20.9. The third-order valence-corrected chi connectivity index (χ3v) is 2.73. The number of phosphoric ester groups is 1. The summed E-state index contributed by atoms with van der Waals surface area (Å²) in [5.41, 5.74) is 0. The summed E-state index contributed by atoms with van der Waals surface area (Å²) >= 11 is 0. The Balaban J connectivity index is 3.01. The summed E-state index contributed by atoms with van der Waals surface area (Å²) in [6, 6.07) is 0. The molecule has 0 spiro atoms. The molecule has 0 aromatic heterocycles. The second-order valence-electron chi connectivity index (χ2n) is 4.08. The van der Waals surface area contributed by atoms with Gasteiger partial charge in [0.2, 0.25) is 0 Å². The maximum atomic E-state index is 10.1. The van der Waals surface area contributed by atoms with Crippen molar-refractivity contribution in [3.8, 4) is 0 Å². The molecule has 0 bridgehead atoms. The molecule has 0 aliphatic carbocycles. The minimum Gasteiger partial charge on any atom is -0.790 e. The fraction of sp³-hybridized carbons (Fsp3) is 1.00. The number of ether oxygens (including phenoxy) is 4. The summed E-state index contributed by atoms with van der Waals surface area (Å²) in [4.78, 5) is 20.2. The highest BCUT2D eigenvalue weighted by atomic mass is 31.2. The molecule has 0 aliphatic heterocycles. The van der Waals surface area contributed by atoms with E-state index >= 15 is 0 Å². The summed E-state index contributed by atoms with van der Waals surface area (Å²) in [7, 11) is -4.89. The van der Waals surface area contributed by atoms with Gasteiger partial charge in [0.1, 0.15) is 0 Å². The van der Waals surface area contributed by atoms with Gasteiger partial charge in [-0.1, -0.05) is 13.3 Å². The number of unbranched alkanes of at least 4 members (excludes halogenated alkanes) is 1. The van der Waals surface area contributed by atoms with Crippen molar-refractivity contribution in [2.45, 2.75) is 19.8 Å². The summed E-state index contributed by atoms with van der Waals surface area (Å²) in [6.07, 6.45) is 2.19. The molecule has 0 aliphatic rings. The predicted octanol–water partition coefficient (Wildman–Crippen LogP) is -0.302. The molecule has 0 atom stereocenters. The first-order valence-electron chi connectivity index (χ1n) is 7.04. The van der Waals surface area contributed by atoms with E-state index in [0.717, 1.165) is 19.4 Å². The maximum absolute atomic E-state index is 10.1. The predicted molar refractivity (Wildman–Crippen MR) is 71.7 cm³/mol. The highest BCUT2D eigenvalue weighted by Crippen LogP contribution is 2.23. The van der Waals surface area contributed by atoms with Crippen LogP contribution in [0.5, 0.6) is 0 Å². The molecule has 0 saturated carbocycles. The van der Waals surface area contributed by atoms with Gasteiger partial charge in [-0.2, -0.15) is 0 Å². The van der Waals surface area contributed by atoms with Crippen molar-refractivity contribution in [3.63, 3.8) is 0 Å². The van der Waals surface area contributed by atoms with E-state index in [4.69, 9.17) is 18.9 Å². The molecular weight excluding hydrogens is 303 g/mol. The van der Waals surface area contributed by atoms with Gasteiger partial charge >= 0.3 is 0 Å². The van der Waals surface area contributed by atoms with Crippen molar-refractivity contribution in [3.05, 3.63) is 0 Å². The van der Waals surface area contributed by atoms with E-state index in [1.807, 2.05) is 0 Å². The number of phosphoric acid groups is 1. The van der Waals surface area contributed by atoms with Gasteiger partial charge in [0.25, 0.3) is 0 Å². The van der Waals surface area contributed by atoms with Gasteiger partial charge in [-0.15, -0.1) is 0 Å². The first-order valence-corrected chi connectivity index (χ1v) is 8.50. The van der Waals surface area contributed by atoms with Crippen LogP contribution in [0, 0.1) is 0 Å². The number of rotatable bonds is 16. The Morgan fingerprint density at radius 2 is 1.10 bits per heavy atom. The lowest BCUT2D eigenvalue weighted by Gasteiger charge is -2.28. The van der Waals surface area contributed by atoms with Crippen molar-refractivity contribution in [2.75, 3.05) is 59.5 Å². The first-order chi connectivity index (χ1) is 10.1. The molecule has 0 rings (SSSR count). The molecule has 21 heavy (non-hydrogen) atoms. The van der Waals surface area contributed by atoms with Gasteiger partial charge in [-0.05, 0) is 6.42 Å². The average Bonchev–Trinajstić information content (AvgIpc) is 2.42.